The Balaban J connectivity index is 1.63. The first kappa shape index (κ1) is 10.9. The van der Waals surface area contributed by atoms with Gasteiger partial charge in [0.25, 0.3) is 0 Å². The second kappa shape index (κ2) is 4.25. The van der Waals surface area contributed by atoms with Crippen LogP contribution in [0.4, 0.5) is 11.4 Å². The van der Waals surface area contributed by atoms with Gasteiger partial charge in [-0.1, -0.05) is 6.07 Å². The summed E-state index contributed by atoms with van der Waals surface area (Å²) in [5.74, 6) is 2.93. The molecule has 0 spiro atoms. The zero-order valence-electron chi connectivity index (χ0n) is 10.6. The fourth-order valence-corrected chi connectivity index (χ4v) is 2.82. The SMILES string of the molecule is Cc1ccc(N)cc1NCC(C1CC1)C1CC1. The number of nitrogens with two attached hydrogens (primary N) is 1. The van der Waals surface area contributed by atoms with Gasteiger partial charge in [-0.15, -0.1) is 0 Å². The molecule has 3 N–H and O–H groups in total. The molecule has 0 atom stereocenters. The highest BCUT2D eigenvalue weighted by molar-refractivity contribution is 5.59. The third-order valence-corrected chi connectivity index (χ3v) is 4.24. The summed E-state index contributed by atoms with van der Waals surface area (Å²) in [7, 11) is 0. The number of nitrogen functional groups attached to an aromatic ring is 1. The van der Waals surface area contributed by atoms with E-state index in [0.717, 1.165) is 30.0 Å². The van der Waals surface area contributed by atoms with Crippen molar-refractivity contribution in [1.82, 2.24) is 0 Å². The molecule has 2 aliphatic carbocycles. The number of nitrogens with one attached hydrogen (secondary N) is 1. The Morgan fingerprint density at radius 3 is 2.47 bits per heavy atom. The number of rotatable bonds is 5. The van der Waals surface area contributed by atoms with Crippen LogP contribution in [0.3, 0.4) is 0 Å². The fourth-order valence-electron chi connectivity index (χ4n) is 2.82. The summed E-state index contributed by atoms with van der Waals surface area (Å²) < 4.78 is 0. The van der Waals surface area contributed by atoms with Crippen molar-refractivity contribution < 1.29 is 0 Å². The maximum absolute atomic E-state index is 5.84. The Hall–Kier alpha value is -1.18. The van der Waals surface area contributed by atoms with E-state index >= 15 is 0 Å². The van der Waals surface area contributed by atoms with Crippen molar-refractivity contribution in [1.29, 1.82) is 0 Å². The molecule has 2 heteroatoms. The molecule has 0 aliphatic heterocycles. The predicted molar refractivity (Wildman–Crippen MR) is 73.0 cm³/mol. The molecule has 2 nitrogen and oxygen atoms in total. The van der Waals surface area contributed by atoms with Crippen LogP contribution in [-0.2, 0) is 0 Å². The first-order valence-electron chi connectivity index (χ1n) is 6.84. The van der Waals surface area contributed by atoms with Gasteiger partial charge in [-0.3, -0.25) is 0 Å². The molecule has 2 fully saturated rings. The Labute approximate surface area is 104 Å². The van der Waals surface area contributed by atoms with Crippen molar-refractivity contribution in [3.8, 4) is 0 Å². The lowest BCUT2D eigenvalue weighted by molar-refractivity contribution is 0.428. The number of hydrogen-bond donors (Lipinski definition) is 2. The summed E-state index contributed by atoms with van der Waals surface area (Å²) in [6.07, 6.45) is 5.83. The molecule has 0 heterocycles. The third-order valence-electron chi connectivity index (χ3n) is 4.24. The van der Waals surface area contributed by atoms with Crippen LogP contribution in [0.2, 0.25) is 0 Å². The number of hydrogen-bond acceptors (Lipinski definition) is 2. The van der Waals surface area contributed by atoms with E-state index in [0.29, 0.717) is 0 Å². The Morgan fingerprint density at radius 1 is 1.24 bits per heavy atom. The van der Waals surface area contributed by atoms with Gasteiger partial charge < -0.3 is 11.1 Å². The highest BCUT2D eigenvalue weighted by atomic mass is 14.9. The molecule has 0 unspecified atom stereocenters. The summed E-state index contributed by atoms with van der Waals surface area (Å²) in [6, 6.07) is 6.13. The standard InChI is InChI=1S/C15H22N2/c1-10-2-7-13(16)8-15(10)17-9-14(11-3-4-11)12-5-6-12/h2,7-8,11-12,14,17H,3-6,9,16H2,1H3. The molecule has 0 amide bonds. The summed E-state index contributed by atoms with van der Waals surface area (Å²) in [4.78, 5) is 0. The zero-order chi connectivity index (χ0) is 11.8. The van der Waals surface area contributed by atoms with Crippen molar-refractivity contribution in [2.45, 2.75) is 32.6 Å². The lowest BCUT2D eigenvalue weighted by atomic mass is 9.97. The van der Waals surface area contributed by atoms with E-state index < -0.39 is 0 Å². The minimum Gasteiger partial charge on any atom is -0.399 e. The predicted octanol–water partition coefficient (Wildman–Crippen LogP) is 3.43. The highest BCUT2D eigenvalue weighted by Gasteiger charge is 2.40. The molecule has 3 rings (SSSR count). The van der Waals surface area contributed by atoms with Crippen LogP contribution >= 0.6 is 0 Å². The average molecular weight is 230 g/mol. The molecule has 0 bridgehead atoms. The van der Waals surface area contributed by atoms with E-state index in [4.69, 9.17) is 5.73 Å². The van der Waals surface area contributed by atoms with Crippen molar-refractivity contribution in [3.05, 3.63) is 23.8 Å². The molecule has 0 radical (unpaired) electrons. The van der Waals surface area contributed by atoms with Crippen LogP contribution < -0.4 is 11.1 Å². The zero-order valence-corrected chi connectivity index (χ0v) is 10.6. The maximum Gasteiger partial charge on any atom is 0.0390 e. The number of aryl methyl sites for hydroxylation is 1. The van der Waals surface area contributed by atoms with Gasteiger partial charge in [0.05, 0.1) is 0 Å². The molecular formula is C15H22N2. The van der Waals surface area contributed by atoms with Gasteiger partial charge in [-0.05, 0) is 68.1 Å². The molecule has 92 valence electrons. The fraction of sp³-hybridized carbons (Fsp3) is 0.600. The topological polar surface area (TPSA) is 38.0 Å². The summed E-state index contributed by atoms with van der Waals surface area (Å²) in [6.45, 7) is 3.28. The lowest BCUT2D eigenvalue weighted by Gasteiger charge is -2.18. The first-order chi connectivity index (χ1) is 8.24. The van der Waals surface area contributed by atoms with Gasteiger partial charge >= 0.3 is 0 Å². The van der Waals surface area contributed by atoms with Gasteiger partial charge in [0.2, 0.25) is 0 Å². The van der Waals surface area contributed by atoms with Crippen LogP contribution in [0.1, 0.15) is 31.2 Å². The Kier molecular flexibility index (Phi) is 2.73. The largest absolute Gasteiger partial charge is 0.399 e. The van der Waals surface area contributed by atoms with Crippen LogP contribution in [0.25, 0.3) is 0 Å². The van der Waals surface area contributed by atoms with Gasteiger partial charge in [0.15, 0.2) is 0 Å². The van der Waals surface area contributed by atoms with E-state index in [1.54, 1.807) is 0 Å². The molecule has 1 aromatic carbocycles. The third kappa shape index (κ3) is 2.56. The van der Waals surface area contributed by atoms with Crippen molar-refractivity contribution in [3.63, 3.8) is 0 Å². The normalized spacial score (nSPS) is 19.6. The monoisotopic (exact) mass is 230 g/mol. The van der Waals surface area contributed by atoms with Gasteiger partial charge in [-0.25, -0.2) is 0 Å². The molecule has 2 aliphatic rings. The smallest absolute Gasteiger partial charge is 0.0390 e. The summed E-state index contributed by atoms with van der Waals surface area (Å²) in [5, 5.41) is 3.62. The maximum atomic E-state index is 5.84. The van der Waals surface area contributed by atoms with E-state index in [-0.39, 0.29) is 0 Å². The molecular weight excluding hydrogens is 208 g/mol. The Morgan fingerprint density at radius 2 is 1.88 bits per heavy atom. The second-order valence-electron chi connectivity index (χ2n) is 5.79. The first-order valence-corrected chi connectivity index (χ1v) is 6.84. The molecule has 0 saturated heterocycles. The number of benzene rings is 1. The van der Waals surface area contributed by atoms with Gasteiger partial charge in [-0.2, -0.15) is 0 Å². The van der Waals surface area contributed by atoms with E-state index in [1.165, 1.54) is 36.9 Å². The van der Waals surface area contributed by atoms with Gasteiger partial charge in [0.1, 0.15) is 0 Å². The highest BCUT2D eigenvalue weighted by Crippen LogP contribution is 2.49. The molecule has 2 saturated carbocycles. The minimum atomic E-state index is 0.854. The second-order valence-corrected chi connectivity index (χ2v) is 5.79. The molecule has 0 aromatic heterocycles. The minimum absolute atomic E-state index is 0.854. The lowest BCUT2D eigenvalue weighted by Crippen LogP contribution is -2.18. The summed E-state index contributed by atoms with van der Waals surface area (Å²) in [5.41, 5.74) is 9.21. The van der Waals surface area contributed by atoms with Crippen molar-refractivity contribution in [2.24, 2.45) is 17.8 Å². The van der Waals surface area contributed by atoms with E-state index in [2.05, 4.69) is 24.4 Å². The van der Waals surface area contributed by atoms with Crippen LogP contribution in [-0.4, -0.2) is 6.54 Å². The quantitative estimate of drug-likeness (QED) is 0.761. The van der Waals surface area contributed by atoms with E-state index in [9.17, 15) is 0 Å². The summed E-state index contributed by atoms with van der Waals surface area (Å²) >= 11 is 0. The number of anilines is 2. The Bertz CT molecular complexity index is 393. The molecule has 17 heavy (non-hydrogen) atoms. The van der Waals surface area contributed by atoms with Crippen LogP contribution in [0.15, 0.2) is 18.2 Å². The van der Waals surface area contributed by atoms with Crippen LogP contribution in [0, 0.1) is 24.7 Å². The van der Waals surface area contributed by atoms with Crippen molar-refractivity contribution in [2.75, 3.05) is 17.6 Å². The average Bonchev–Trinajstić information content (AvgIpc) is 3.14. The molecule has 1 aromatic rings. The van der Waals surface area contributed by atoms with Crippen molar-refractivity contribution >= 4 is 11.4 Å². The van der Waals surface area contributed by atoms with Gasteiger partial charge in [0, 0.05) is 17.9 Å². The van der Waals surface area contributed by atoms with Crippen LogP contribution in [0.5, 0.6) is 0 Å². The van der Waals surface area contributed by atoms with E-state index in [1.807, 2.05) is 6.07 Å².